The minimum absolute atomic E-state index is 0.0275. The molecule has 0 bridgehead atoms. The van der Waals surface area contributed by atoms with Gasteiger partial charge in [0.15, 0.2) is 14.5 Å². The second kappa shape index (κ2) is 9.40. The van der Waals surface area contributed by atoms with Crippen LogP contribution in [0.1, 0.15) is 17.3 Å². The molecule has 1 aromatic heterocycles. The molecule has 0 aliphatic carbocycles. The van der Waals surface area contributed by atoms with Crippen molar-refractivity contribution >= 4 is 52.5 Å². The predicted octanol–water partition coefficient (Wildman–Crippen LogP) is 1.77. The fourth-order valence-electron chi connectivity index (χ4n) is 1.47. The van der Waals surface area contributed by atoms with Crippen LogP contribution in [0.15, 0.2) is 39.0 Å². The van der Waals surface area contributed by atoms with Gasteiger partial charge in [-0.05, 0) is 0 Å². The van der Waals surface area contributed by atoms with Crippen LogP contribution in [0.3, 0.4) is 0 Å². The molecule has 1 heterocycles. The Labute approximate surface area is 151 Å². The van der Waals surface area contributed by atoms with Crippen molar-refractivity contribution in [3.05, 3.63) is 35.9 Å². The zero-order valence-electron chi connectivity index (χ0n) is 12.6. The van der Waals surface area contributed by atoms with E-state index >= 15 is 0 Å². The van der Waals surface area contributed by atoms with Gasteiger partial charge in [-0.1, -0.05) is 65.2 Å². The van der Waals surface area contributed by atoms with Crippen LogP contribution in [0.4, 0.5) is 0 Å². The zero-order valence-corrected chi connectivity index (χ0v) is 15.1. The van der Waals surface area contributed by atoms with Gasteiger partial charge in [-0.3, -0.25) is 25.2 Å². The highest BCUT2D eigenvalue weighted by Gasteiger charge is 2.11. The van der Waals surface area contributed by atoms with Crippen LogP contribution < -0.4 is 10.9 Å². The lowest BCUT2D eigenvalue weighted by Gasteiger charge is -2.02. The average Bonchev–Trinajstić information content (AvgIpc) is 3.04. The third kappa shape index (κ3) is 6.30. The first-order valence-corrected chi connectivity index (χ1v) is 9.56. The molecule has 10 heteroatoms. The molecule has 7 nitrogen and oxygen atoms in total. The lowest BCUT2D eigenvalue weighted by molar-refractivity contribution is -0.126. The van der Waals surface area contributed by atoms with Crippen molar-refractivity contribution in [3.63, 3.8) is 0 Å². The van der Waals surface area contributed by atoms with Gasteiger partial charge < -0.3 is 0 Å². The number of hydrogen-bond donors (Lipinski definition) is 2. The van der Waals surface area contributed by atoms with E-state index in [0.717, 1.165) is 0 Å². The van der Waals surface area contributed by atoms with Crippen molar-refractivity contribution in [2.75, 3.05) is 11.5 Å². The van der Waals surface area contributed by atoms with Gasteiger partial charge in [-0.2, -0.15) is 0 Å². The summed E-state index contributed by atoms with van der Waals surface area (Å²) in [5.74, 6) is -0.251. The summed E-state index contributed by atoms with van der Waals surface area (Å²) in [6, 6.07) is 9.06. The van der Waals surface area contributed by atoms with E-state index < -0.39 is 0 Å². The van der Waals surface area contributed by atoms with Crippen LogP contribution in [0.2, 0.25) is 0 Å². The third-order valence-corrected chi connectivity index (χ3v) is 5.71. The zero-order chi connectivity index (χ0) is 17.4. The van der Waals surface area contributed by atoms with Gasteiger partial charge in [0.1, 0.15) is 0 Å². The molecule has 0 unspecified atom stereocenters. The molecule has 0 aliphatic heterocycles. The van der Waals surface area contributed by atoms with Gasteiger partial charge in [0, 0.05) is 12.5 Å². The van der Waals surface area contributed by atoms with E-state index in [2.05, 4.69) is 21.0 Å². The standard InChI is InChI=1S/C14H14N4O3S3/c1-9(19)15-16-12(21)8-23-14-18-17-13(24-14)22-7-11(20)10-5-3-2-4-6-10/h2-6H,7-8H2,1H3,(H,15,19)(H,16,21). The Balaban J connectivity index is 1.76. The topological polar surface area (TPSA) is 101 Å². The maximum absolute atomic E-state index is 12.0. The van der Waals surface area contributed by atoms with Crippen LogP contribution in [0, 0.1) is 0 Å². The summed E-state index contributed by atoms with van der Waals surface area (Å²) in [5, 5.41) is 7.96. The molecule has 0 spiro atoms. The van der Waals surface area contributed by atoms with Gasteiger partial charge >= 0.3 is 0 Å². The fraction of sp³-hybridized carbons (Fsp3) is 0.214. The number of aromatic nitrogens is 2. The van der Waals surface area contributed by atoms with E-state index in [4.69, 9.17) is 0 Å². The minimum atomic E-state index is -0.342. The van der Waals surface area contributed by atoms with E-state index in [9.17, 15) is 14.4 Å². The number of benzene rings is 1. The molecule has 2 rings (SSSR count). The highest BCUT2D eigenvalue weighted by molar-refractivity contribution is 8.03. The van der Waals surface area contributed by atoms with Gasteiger partial charge in [0.05, 0.1) is 11.5 Å². The molecule has 2 aromatic rings. The van der Waals surface area contributed by atoms with Crippen molar-refractivity contribution in [1.82, 2.24) is 21.0 Å². The minimum Gasteiger partial charge on any atom is -0.293 e. The Morgan fingerprint density at radius 3 is 2.25 bits per heavy atom. The quantitative estimate of drug-likeness (QED) is 0.427. The highest BCUT2D eigenvalue weighted by Crippen LogP contribution is 2.29. The van der Waals surface area contributed by atoms with Crippen LogP contribution in [-0.2, 0) is 9.59 Å². The first-order valence-electron chi connectivity index (χ1n) is 6.77. The Kier molecular flexibility index (Phi) is 7.22. The van der Waals surface area contributed by atoms with E-state index in [0.29, 0.717) is 14.2 Å². The number of carbonyl (C=O) groups excluding carboxylic acids is 3. The van der Waals surface area contributed by atoms with Crippen molar-refractivity contribution < 1.29 is 14.4 Å². The van der Waals surface area contributed by atoms with E-state index in [-0.39, 0.29) is 29.1 Å². The van der Waals surface area contributed by atoms with Crippen LogP contribution in [-0.4, -0.2) is 39.3 Å². The second-order valence-corrected chi connectivity index (χ2v) is 7.85. The van der Waals surface area contributed by atoms with E-state index in [1.165, 1.54) is 41.8 Å². The Hall–Kier alpha value is -1.91. The molecular formula is C14H14N4O3S3. The third-order valence-electron chi connectivity index (χ3n) is 2.52. The number of Topliss-reactive ketones (excluding diaryl/α,β-unsaturated/α-hetero) is 1. The monoisotopic (exact) mass is 382 g/mol. The van der Waals surface area contributed by atoms with Gasteiger partial charge in [-0.25, -0.2) is 0 Å². The number of ketones is 1. The number of thioether (sulfide) groups is 2. The summed E-state index contributed by atoms with van der Waals surface area (Å²) < 4.78 is 1.30. The SMILES string of the molecule is CC(=O)NNC(=O)CSc1nnc(SCC(=O)c2ccccc2)s1. The normalized spacial score (nSPS) is 10.2. The Bertz CT molecular complexity index is 721. The maximum Gasteiger partial charge on any atom is 0.248 e. The molecule has 24 heavy (non-hydrogen) atoms. The van der Waals surface area contributed by atoms with Crippen molar-refractivity contribution in [3.8, 4) is 0 Å². The molecule has 0 aliphatic rings. The van der Waals surface area contributed by atoms with Crippen LogP contribution in [0.25, 0.3) is 0 Å². The molecule has 0 saturated heterocycles. The van der Waals surface area contributed by atoms with Gasteiger partial charge in [0.2, 0.25) is 11.8 Å². The largest absolute Gasteiger partial charge is 0.293 e. The number of rotatable bonds is 7. The fourth-order valence-corrected chi connectivity index (χ4v) is 4.18. The smallest absolute Gasteiger partial charge is 0.248 e. The number of carbonyl (C=O) groups is 3. The average molecular weight is 382 g/mol. The molecule has 0 fully saturated rings. The van der Waals surface area contributed by atoms with Crippen molar-refractivity contribution in [2.24, 2.45) is 0 Å². The molecule has 0 atom stereocenters. The Morgan fingerprint density at radius 1 is 1.00 bits per heavy atom. The lowest BCUT2D eigenvalue weighted by Crippen LogP contribution is -2.41. The molecule has 1 aromatic carbocycles. The summed E-state index contributed by atoms with van der Waals surface area (Å²) >= 11 is 3.85. The molecule has 2 N–H and O–H groups in total. The molecule has 0 saturated carbocycles. The molecular weight excluding hydrogens is 368 g/mol. The lowest BCUT2D eigenvalue weighted by atomic mass is 10.2. The second-order valence-electron chi connectivity index (χ2n) is 4.43. The molecule has 126 valence electrons. The summed E-state index contributed by atoms with van der Waals surface area (Å²) in [5.41, 5.74) is 5.14. The first-order chi connectivity index (χ1) is 11.5. The number of nitrogens with one attached hydrogen (secondary N) is 2. The van der Waals surface area contributed by atoms with Crippen LogP contribution in [0.5, 0.6) is 0 Å². The summed E-state index contributed by atoms with van der Waals surface area (Å²) in [4.78, 5) is 34.1. The van der Waals surface area contributed by atoms with Gasteiger partial charge in [-0.15, -0.1) is 10.2 Å². The number of hydrogen-bond acceptors (Lipinski definition) is 8. The van der Waals surface area contributed by atoms with Crippen molar-refractivity contribution in [1.29, 1.82) is 0 Å². The number of amides is 2. The Morgan fingerprint density at radius 2 is 1.62 bits per heavy atom. The van der Waals surface area contributed by atoms with Gasteiger partial charge in [0.25, 0.3) is 0 Å². The van der Waals surface area contributed by atoms with E-state index in [1.54, 1.807) is 12.1 Å². The summed E-state index contributed by atoms with van der Waals surface area (Å²) in [6.07, 6.45) is 0. The van der Waals surface area contributed by atoms with Crippen molar-refractivity contribution in [2.45, 2.75) is 15.6 Å². The summed E-state index contributed by atoms with van der Waals surface area (Å²) in [6.45, 7) is 1.30. The highest BCUT2D eigenvalue weighted by atomic mass is 32.2. The number of nitrogens with zero attached hydrogens (tertiary/aromatic N) is 2. The molecule has 0 radical (unpaired) electrons. The predicted molar refractivity (Wildman–Crippen MR) is 94.1 cm³/mol. The molecule has 2 amide bonds. The maximum atomic E-state index is 12.0. The van der Waals surface area contributed by atoms with E-state index in [1.807, 2.05) is 18.2 Å². The summed E-state index contributed by atoms with van der Waals surface area (Å²) in [7, 11) is 0. The number of hydrazine groups is 1. The first kappa shape index (κ1) is 18.4. The van der Waals surface area contributed by atoms with Crippen LogP contribution >= 0.6 is 34.9 Å².